The van der Waals surface area contributed by atoms with Gasteiger partial charge in [-0.2, -0.15) is 0 Å². The number of carboxylic acids is 1. The van der Waals surface area contributed by atoms with Gasteiger partial charge in [0.05, 0.1) is 0 Å². The molecule has 2 N–H and O–H groups in total. The molecule has 1 aromatic carbocycles. The number of hydrogen-bond donors (Lipinski definition) is 2. The van der Waals surface area contributed by atoms with Crippen molar-refractivity contribution in [3.05, 3.63) is 34.9 Å². The molecule has 0 aliphatic carbocycles. The number of ketones is 1. The molecule has 0 saturated carbocycles. The van der Waals surface area contributed by atoms with Gasteiger partial charge >= 0.3 is 5.97 Å². The number of carbonyl (C=O) groups is 3. The van der Waals surface area contributed by atoms with E-state index in [-0.39, 0.29) is 37.0 Å². The minimum atomic E-state index is -0.883. The molecule has 5 nitrogen and oxygen atoms in total. The van der Waals surface area contributed by atoms with Crippen LogP contribution in [0.1, 0.15) is 54.1 Å². The van der Waals surface area contributed by atoms with Crippen molar-refractivity contribution in [2.45, 2.75) is 52.5 Å². The van der Waals surface area contributed by atoms with Gasteiger partial charge in [-0.1, -0.05) is 17.7 Å². The molecule has 0 aliphatic rings. The zero-order valence-corrected chi connectivity index (χ0v) is 13.3. The summed E-state index contributed by atoms with van der Waals surface area (Å²) >= 11 is 0. The van der Waals surface area contributed by atoms with Crippen molar-refractivity contribution >= 4 is 17.7 Å². The number of aryl methyl sites for hydroxylation is 2. The van der Waals surface area contributed by atoms with Gasteiger partial charge in [0.1, 0.15) is 0 Å². The van der Waals surface area contributed by atoms with E-state index in [0.717, 1.165) is 11.1 Å². The lowest BCUT2D eigenvalue weighted by molar-refractivity contribution is -0.137. The Labute approximate surface area is 130 Å². The van der Waals surface area contributed by atoms with Crippen LogP contribution in [0.3, 0.4) is 0 Å². The van der Waals surface area contributed by atoms with E-state index in [9.17, 15) is 14.4 Å². The number of carbonyl (C=O) groups excluding carboxylic acids is 2. The van der Waals surface area contributed by atoms with Crippen LogP contribution in [-0.2, 0) is 9.59 Å². The summed E-state index contributed by atoms with van der Waals surface area (Å²) < 4.78 is 0. The van der Waals surface area contributed by atoms with Crippen LogP contribution in [0.2, 0.25) is 0 Å². The largest absolute Gasteiger partial charge is 0.481 e. The molecule has 1 atom stereocenters. The van der Waals surface area contributed by atoms with Crippen molar-refractivity contribution in [1.82, 2.24) is 5.32 Å². The third-order valence-corrected chi connectivity index (χ3v) is 3.47. The molecule has 0 radical (unpaired) electrons. The highest BCUT2D eigenvalue weighted by Crippen LogP contribution is 2.14. The highest BCUT2D eigenvalue weighted by molar-refractivity contribution is 5.99. The summed E-state index contributed by atoms with van der Waals surface area (Å²) in [4.78, 5) is 34.4. The van der Waals surface area contributed by atoms with Gasteiger partial charge in [0.15, 0.2) is 5.78 Å². The summed E-state index contributed by atoms with van der Waals surface area (Å²) in [6.07, 6.45) is 0.667. The zero-order chi connectivity index (χ0) is 16.7. The first kappa shape index (κ1) is 17.9. The number of benzene rings is 1. The number of nitrogens with one attached hydrogen (secondary N) is 1. The second-order valence-corrected chi connectivity index (χ2v) is 5.64. The maximum atomic E-state index is 12.2. The van der Waals surface area contributed by atoms with Gasteiger partial charge in [0.2, 0.25) is 5.91 Å². The Kier molecular flexibility index (Phi) is 6.76. The summed E-state index contributed by atoms with van der Waals surface area (Å²) in [6, 6.07) is 5.48. The van der Waals surface area contributed by atoms with Gasteiger partial charge in [-0.25, -0.2) is 0 Å². The van der Waals surface area contributed by atoms with Gasteiger partial charge in [-0.05, 0) is 38.8 Å². The molecule has 1 amide bonds. The molecule has 0 saturated heterocycles. The maximum absolute atomic E-state index is 12.2. The van der Waals surface area contributed by atoms with Gasteiger partial charge in [-0.15, -0.1) is 0 Å². The van der Waals surface area contributed by atoms with Crippen LogP contribution in [-0.4, -0.2) is 28.8 Å². The zero-order valence-electron chi connectivity index (χ0n) is 13.3. The summed E-state index contributed by atoms with van der Waals surface area (Å²) in [7, 11) is 0. The van der Waals surface area contributed by atoms with Crippen molar-refractivity contribution in [3.63, 3.8) is 0 Å². The third kappa shape index (κ3) is 6.08. The van der Waals surface area contributed by atoms with Crippen LogP contribution in [0.5, 0.6) is 0 Å². The summed E-state index contributed by atoms with van der Waals surface area (Å²) in [5.41, 5.74) is 2.58. The average Bonchev–Trinajstić information content (AvgIpc) is 2.45. The molecule has 0 bridgehead atoms. The first-order chi connectivity index (χ1) is 10.3. The Morgan fingerprint density at radius 1 is 1.14 bits per heavy atom. The summed E-state index contributed by atoms with van der Waals surface area (Å²) in [5.74, 6) is -1.16. The van der Waals surface area contributed by atoms with Crippen LogP contribution in [0, 0.1) is 13.8 Å². The molecule has 0 aromatic heterocycles. The minimum Gasteiger partial charge on any atom is -0.481 e. The lowest BCUT2D eigenvalue weighted by Crippen LogP contribution is -2.33. The quantitative estimate of drug-likeness (QED) is 0.723. The van der Waals surface area contributed by atoms with E-state index < -0.39 is 5.97 Å². The SMILES string of the molecule is Cc1ccc(C)c(C(=O)CCC(=O)NC(C)CCC(=O)O)c1. The van der Waals surface area contributed by atoms with Crippen LogP contribution >= 0.6 is 0 Å². The van der Waals surface area contributed by atoms with Gasteiger partial charge in [0.25, 0.3) is 0 Å². The molecular weight excluding hydrogens is 282 g/mol. The molecule has 0 spiro atoms. The fourth-order valence-corrected chi connectivity index (χ4v) is 2.16. The first-order valence-corrected chi connectivity index (χ1v) is 7.41. The molecule has 1 unspecified atom stereocenters. The minimum absolute atomic E-state index is 0.0167. The van der Waals surface area contributed by atoms with Crippen molar-refractivity contribution in [2.24, 2.45) is 0 Å². The monoisotopic (exact) mass is 305 g/mol. The van der Waals surface area contributed by atoms with Gasteiger partial charge in [-0.3, -0.25) is 14.4 Å². The average molecular weight is 305 g/mol. The van der Waals surface area contributed by atoms with Crippen LogP contribution < -0.4 is 5.32 Å². The van der Waals surface area contributed by atoms with E-state index in [4.69, 9.17) is 5.11 Å². The van der Waals surface area contributed by atoms with E-state index in [1.165, 1.54) is 0 Å². The fourth-order valence-electron chi connectivity index (χ4n) is 2.16. The maximum Gasteiger partial charge on any atom is 0.303 e. The van der Waals surface area contributed by atoms with E-state index in [1.807, 2.05) is 32.0 Å². The third-order valence-electron chi connectivity index (χ3n) is 3.47. The van der Waals surface area contributed by atoms with Crippen molar-refractivity contribution < 1.29 is 19.5 Å². The second kappa shape index (κ2) is 8.32. The fraction of sp³-hybridized carbons (Fsp3) is 0.471. The van der Waals surface area contributed by atoms with Crippen LogP contribution in [0.25, 0.3) is 0 Å². The van der Waals surface area contributed by atoms with E-state index in [2.05, 4.69) is 5.32 Å². The Hall–Kier alpha value is -2.17. The normalized spacial score (nSPS) is 11.8. The predicted molar refractivity (Wildman–Crippen MR) is 84.0 cm³/mol. The Morgan fingerprint density at radius 2 is 1.82 bits per heavy atom. The number of carboxylic acid groups (broad SMARTS) is 1. The summed E-state index contributed by atoms with van der Waals surface area (Å²) in [5, 5.41) is 11.3. The smallest absolute Gasteiger partial charge is 0.303 e. The Morgan fingerprint density at radius 3 is 2.45 bits per heavy atom. The van der Waals surface area contributed by atoms with Crippen molar-refractivity contribution in [1.29, 1.82) is 0 Å². The molecule has 1 rings (SSSR count). The van der Waals surface area contributed by atoms with Crippen molar-refractivity contribution in [2.75, 3.05) is 0 Å². The highest BCUT2D eigenvalue weighted by Gasteiger charge is 2.13. The highest BCUT2D eigenvalue weighted by atomic mass is 16.4. The second-order valence-electron chi connectivity index (χ2n) is 5.64. The van der Waals surface area contributed by atoms with E-state index in [1.54, 1.807) is 6.92 Å². The van der Waals surface area contributed by atoms with E-state index in [0.29, 0.717) is 12.0 Å². The molecule has 22 heavy (non-hydrogen) atoms. The van der Waals surface area contributed by atoms with Gasteiger partial charge < -0.3 is 10.4 Å². The number of aliphatic carboxylic acids is 1. The number of rotatable bonds is 8. The molecular formula is C17H23NO4. The van der Waals surface area contributed by atoms with Gasteiger partial charge in [0, 0.05) is 30.9 Å². The van der Waals surface area contributed by atoms with Crippen molar-refractivity contribution in [3.8, 4) is 0 Å². The van der Waals surface area contributed by atoms with E-state index >= 15 is 0 Å². The lowest BCUT2D eigenvalue weighted by Gasteiger charge is -2.12. The molecule has 0 aliphatic heterocycles. The molecule has 120 valence electrons. The molecule has 1 aromatic rings. The summed E-state index contributed by atoms with van der Waals surface area (Å²) in [6.45, 7) is 5.56. The lowest BCUT2D eigenvalue weighted by atomic mass is 9.99. The molecule has 5 heteroatoms. The number of Topliss-reactive ketones (excluding diaryl/α,β-unsaturated/α-hetero) is 1. The predicted octanol–water partition coefficient (Wildman–Crippen LogP) is 2.64. The first-order valence-electron chi connectivity index (χ1n) is 7.41. The van der Waals surface area contributed by atoms with Crippen LogP contribution in [0.15, 0.2) is 18.2 Å². The number of hydrogen-bond acceptors (Lipinski definition) is 3. The number of amides is 1. The standard InChI is InChI=1S/C17H23NO4/c1-11-4-5-12(2)14(10-11)15(19)7-8-16(20)18-13(3)6-9-17(21)22/h4-5,10,13H,6-9H2,1-3H3,(H,18,20)(H,21,22). The topological polar surface area (TPSA) is 83.5 Å². The Balaban J connectivity index is 2.45. The molecule has 0 heterocycles. The molecule has 0 fully saturated rings. The van der Waals surface area contributed by atoms with Crippen LogP contribution in [0.4, 0.5) is 0 Å². The Bertz CT molecular complexity index is 566.